The van der Waals surface area contributed by atoms with Crippen LogP contribution in [0, 0.1) is 23.7 Å². The number of carbonyl (C=O) groups excluding carboxylic acids is 1. The van der Waals surface area contributed by atoms with E-state index in [1.54, 1.807) is 6.92 Å². The zero-order chi connectivity index (χ0) is 24.5. The number of methoxy groups -OCH3 is 1. The molecule has 0 amide bonds. The highest BCUT2D eigenvalue weighted by molar-refractivity contribution is 5.75. The topological polar surface area (TPSA) is 97.2 Å². The summed E-state index contributed by atoms with van der Waals surface area (Å²) in [6.07, 6.45) is 4.99. The molecule has 0 aromatic carbocycles. The van der Waals surface area contributed by atoms with Crippen LogP contribution in [0.3, 0.4) is 0 Å². The van der Waals surface area contributed by atoms with Crippen molar-refractivity contribution in [1.82, 2.24) is 5.32 Å². The van der Waals surface area contributed by atoms with Gasteiger partial charge in [-0.1, -0.05) is 39.0 Å². The molecule has 11 atom stereocenters. The zero-order valence-electron chi connectivity index (χ0n) is 21.2. The Morgan fingerprint density at radius 3 is 2.52 bits per heavy atom. The second-order valence-corrected chi connectivity index (χ2v) is 10.3. The maximum atomic E-state index is 12.9. The Morgan fingerprint density at radius 1 is 1.24 bits per heavy atom. The minimum absolute atomic E-state index is 0.00296. The molecule has 1 saturated heterocycles. The van der Waals surface area contributed by atoms with Gasteiger partial charge in [-0.2, -0.15) is 0 Å². The fourth-order valence-corrected chi connectivity index (χ4v) is 5.99. The summed E-state index contributed by atoms with van der Waals surface area (Å²) in [4.78, 5) is 12.9. The number of aliphatic hydroxyl groups excluding tert-OH is 2. The van der Waals surface area contributed by atoms with E-state index in [4.69, 9.17) is 14.2 Å². The number of ether oxygens (including phenoxy) is 3. The average Bonchev–Trinajstić information content (AvgIpc) is 3.07. The lowest BCUT2D eigenvalue weighted by atomic mass is 9.69. The van der Waals surface area contributed by atoms with Crippen LogP contribution in [-0.2, 0) is 19.0 Å². The van der Waals surface area contributed by atoms with E-state index in [1.807, 2.05) is 13.8 Å². The van der Waals surface area contributed by atoms with Gasteiger partial charge in [0, 0.05) is 30.9 Å². The molecule has 0 aromatic heterocycles. The van der Waals surface area contributed by atoms with Crippen molar-refractivity contribution >= 4 is 5.97 Å². The molecule has 0 saturated carbocycles. The summed E-state index contributed by atoms with van der Waals surface area (Å²) in [5.74, 6) is -0.466. The maximum Gasteiger partial charge on any atom is 0.335 e. The predicted octanol–water partition coefficient (Wildman–Crippen LogP) is 2.61. The summed E-state index contributed by atoms with van der Waals surface area (Å²) < 4.78 is 18.3. The standard InChI is InChI=1S/C26H43NO6/c1-8-27-22(16(4)17(5)28)24-19-9-10-20-12-21(31-7)25(30)32-23(18(6)29)14(2)11-15(3)26(20,13-19)33-24/h9-11,14,16-24,27-29H,8,12-13H2,1-7H3/t14-,16-,17+,18-,19-,20-,21+,22+,23+,24-,26+/m1/s1. The molecule has 3 N–H and O–H groups in total. The first-order valence-electron chi connectivity index (χ1n) is 12.4. The molecule has 2 heterocycles. The van der Waals surface area contributed by atoms with Gasteiger partial charge in [0.15, 0.2) is 6.10 Å². The van der Waals surface area contributed by atoms with Crippen molar-refractivity contribution in [3.8, 4) is 0 Å². The lowest BCUT2D eigenvalue weighted by Gasteiger charge is -2.42. The quantitative estimate of drug-likeness (QED) is 0.393. The van der Waals surface area contributed by atoms with Crippen molar-refractivity contribution in [2.45, 2.75) is 96.5 Å². The van der Waals surface area contributed by atoms with Crippen LogP contribution in [0.1, 0.15) is 54.4 Å². The van der Waals surface area contributed by atoms with Gasteiger partial charge >= 0.3 is 5.97 Å². The molecule has 1 spiro atoms. The summed E-state index contributed by atoms with van der Waals surface area (Å²) in [6, 6.07) is -0.00296. The van der Waals surface area contributed by atoms with Crippen molar-refractivity contribution in [3.05, 3.63) is 23.8 Å². The number of carbonyl (C=O) groups is 1. The van der Waals surface area contributed by atoms with Gasteiger partial charge in [-0.05, 0) is 51.6 Å². The van der Waals surface area contributed by atoms with E-state index in [-0.39, 0.29) is 35.8 Å². The maximum absolute atomic E-state index is 12.9. The fourth-order valence-electron chi connectivity index (χ4n) is 5.99. The summed E-state index contributed by atoms with van der Waals surface area (Å²) in [6.45, 7) is 12.4. The van der Waals surface area contributed by atoms with Crippen LogP contribution < -0.4 is 5.32 Å². The van der Waals surface area contributed by atoms with Crippen molar-refractivity contribution < 1.29 is 29.2 Å². The molecule has 188 valence electrons. The number of fused-ring (bicyclic) bond motifs is 1. The Hall–Kier alpha value is -1.25. The molecule has 33 heavy (non-hydrogen) atoms. The highest BCUT2D eigenvalue weighted by Crippen LogP contribution is 2.52. The first kappa shape index (κ1) is 26.4. The van der Waals surface area contributed by atoms with Crippen LogP contribution >= 0.6 is 0 Å². The predicted molar refractivity (Wildman–Crippen MR) is 127 cm³/mol. The largest absolute Gasteiger partial charge is 0.457 e. The number of hydrogen-bond donors (Lipinski definition) is 3. The average molecular weight is 466 g/mol. The number of hydrogen-bond acceptors (Lipinski definition) is 7. The van der Waals surface area contributed by atoms with E-state index in [2.05, 4.69) is 44.3 Å². The molecule has 1 fully saturated rings. The molecule has 7 nitrogen and oxygen atoms in total. The lowest BCUT2D eigenvalue weighted by molar-refractivity contribution is -0.171. The molecule has 3 rings (SSSR count). The van der Waals surface area contributed by atoms with E-state index >= 15 is 0 Å². The minimum atomic E-state index is -0.806. The molecule has 7 heteroatoms. The second-order valence-electron chi connectivity index (χ2n) is 10.3. The van der Waals surface area contributed by atoms with Crippen LogP contribution in [0.15, 0.2) is 23.8 Å². The summed E-state index contributed by atoms with van der Waals surface area (Å²) in [7, 11) is 1.52. The highest BCUT2D eigenvalue weighted by Gasteiger charge is 2.56. The smallest absolute Gasteiger partial charge is 0.335 e. The van der Waals surface area contributed by atoms with Gasteiger partial charge in [-0.3, -0.25) is 0 Å². The number of esters is 1. The number of nitrogens with one attached hydrogen (secondary N) is 1. The third-order valence-corrected chi connectivity index (χ3v) is 8.06. The van der Waals surface area contributed by atoms with E-state index < -0.39 is 36.0 Å². The van der Waals surface area contributed by atoms with Crippen molar-refractivity contribution in [2.75, 3.05) is 13.7 Å². The van der Waals surface area contributed by atoms with Crippen LogP contribution in [-0.4, -0.2) is 72.0 Å². The summed E-state index contributed by atoms with van der Waals surface area (Å²) >= 11 is 0. The monoisotopic (exact) mass is 465 g/mol. The van der Waals surface area contributed by atoms with Gasteiger partial charge in [-0.25, -0.2) is 4.79 Å². The van der Waals surface area contributed by atoms with Crippen molar-refractivity contribution in [3.63, 3.8) is 0 Å². The van der Waals surface area contributed by atoms with Gasteiger partial charge in [0.1, 0.15) is 6.10 Å². The Bertz CT molecular complexity index is 749. The Balaban J connectivity index is 2.04. The number of likely N-dealkylation sites (N-methyl/N-ethyl adjacent to an activating group) is 1. The molecular formula is C26H43NO6. The van der Waals surface area contributed by atoms with E-state index in [9.17, 15) is 15.0 Å². The molecule has 2 bridgehead atoms. The number of cyclic esters (lactones) is 1. The normalized spacial score (nSPS) is 40.3. The van der Waals surface area contributed by atoms with Gasteiger partial charge in [0.2, 0.25) is 0 Å². The van der Waals surface area contributed by atoms with Crippen LogP contribution in [0.4, 0.5) is 0 Å². The number of aliphatic hydroxyl groups is 2. The van der Waals surface area contributed by atoms with Crippen LogP contribution in [0.2, 0.25) is 0 Å². The van der Waals surface area contributed by atoms with E-state index in [0.29, 0.717) is 6.42 Å². The van der Waals surface area contributed by atoms with E-state index in [1.165, 1.54) is 7.11 Å². The first-order valence-corrected chi connectivity index (χ1v) is 12.4. The van der Waals surface area contributed by atoms with Crippen molar-refractivity contribution in [2.24, 2.45) is 23.7 Å². The Labute approximate surface area is 198 Å². The fraction of sp³-hybridized carbons (Fsp3) is 0.808. The van der Waals surface area contributed by atoms with Crippen LogP contribution in [0.25, 0.3) is 0 Å². The van der Waals surface area contributed by atoms with Gasteiger partial charge in [-0.15, -0.1) is 0 Å². The minimum Gasteiger partial charge on any atom is -0.457 e. The molecule has 2 aliphatic heterocycles. The Kier molecular flexibility index (Phi) is 8.44. The molecule has 0 radical (unpaired) electrons. The first-order chi connectivity index (χ1) is 15.5. The summed E-state index contributed by atoms with van der Waals surface area (Å²) in [5, 5.41) is 24.2. The lowest BCUT2D eigenvalue weighted by Crippen LogP contribution is -2.51. The molecule has 0 unspecified atom stereocenters. The van der Waals surface area contributed by atoms with Crippen LogP contribution in [0.5, 0.6) is 0 Å². The third-order valence-electron chi connectivity index (χ3n) is 8.06. The molecular weight excluding hydrogens is 422 g/mol. The third kappa shape index (κ3) is 5.08. The highest BCUT2D eigenvalue weighted by atomic mass is 16.6. The summed E-state index contributed by atoms with van der Waals surface area (Å²) in [5.41, 5.74) is 0.525. The molecule has 0 aromatic rings. The van der Waals surface area contributed by atoms with Gasteiger partial charge in [0.25, 0.3) is 0 Å². The van der Waals surface area contributed by atoms with Crippen molar-refractivity contribution in [1.29, 1.82) is 0 Å². The number of rotatable bonds is 7. The SMILES string of the molecule is CCN[C@@H]([C@H](C)[C@H](C)O)[C@@H]1O[C@]23C[C@H]1C=C[C@@H]2C[C@H](OC)C(=O)O[C@H]([C@@H](C)O)[C@H](C)C=C3C. The van der Waals surface area contributed by atoms with E-state index in [0.717, 1.165) is 18.5 Å². The molecule has 1 aliphatic carbocycles. The molecule has 3 aliphatic rings. The zero-order valence-corrected chi connectivity index (χ0v) is 21.2. The Morgan fingerprint density at radius 2 is 1.94 bits per heavy atom. The van der Waals surface area contributed by atoms with Gasteiger partial charge < -0.3 is 29.7 Å². The second kappa shape index (κ2) is 10.6. The van der Waals surface area contributed by atoms with Gasteiger partial charge in [0.05, 0.1) is 23.9 Å².